The average molecular weight is 411 g/mol. The van der Waals surface area contributed by atoms with E-state index < -0.39 is 0 Å². The van der Waals surface area contributed by atoms with Crippen molar-refractivity contribution in [3.8, 4) is 0 Å². The van der Waals surface area contributed by atoms with Gasteiger partial charge in [-0.1, -0.05) is 92.9 Å². The van der Waals surface area contributed by atoms with Gasteiger partial charge in [0.2, 0.25) is 0 Å². The molecule has 0 amide bonds. The third-order valence-electron chi connectivity index (χ3n) is 5.09. The second kappa shape index (κ2) is 13.3. The Hall–Kier alpha value is -1.98. The summed E-state index contributed by atoms with van der Waals surface area (Å²) in [6.07, 6.45) is 8.03. The lowest BCUT2D eigenvalue weighted by Crippen LogP contribution is -2.41. The summed E-state index contributed by atoms with van der Waals surface area (Å²) in [6.45, 7) is 4.47. The third kappa shape index (κ3) is 8.04. The van der Waals surface area contributed by atoms with Crippen LogP contribution in [0.3, 0.4) is 0 Å². The molecule has 30 heavy (non-hydrogen) atoms. The van der Waals surface area contributed by atoms with Crippen LogP contribution in [0, 0.1) is 0 Å². The van der Waals surface area contributed by atoms with Crippen molar-refractivity contribution in [2.24, 2.45) is 0 Å². The molecule has 1 aliphatic rings. The van der Waals surface area contributed by atoms with E-state index in [1.54, 1.807) is 0 Å². The van der Waals surface area contributed by atoms with Gasteiger partial charge in [-0.25, -0.2) is 0 Å². The van der Waals surface area contributed by atoms with Gasteiger partial charge in [0, 0.05) is 0 Å². The van der Waals surface area contributed by atoms with Gasteiger partial charge in [-0.15, -0.1) is 0 Å². The highest BCUT2D eigenvalue weighted by Gasteiger charge is 2.28. The predicted octanol–water partition coefficient (Wildman–Crippen LogP) is 5.67. The summed E-state index contributed by atoms with van der Waals surface area (Å²) in [7, 11) is 0. The largest absolute Gasteiger partial charge is 0.374 e. The third-order valence-corrected chi connectivity index (χ3v) is 5.09. The Morgan fingerprint density at radius 1 is 0.767 bits per heavy atom. The first-order valence-electron chi connectivity index (χ1n) is 11.1. The maximum Gasteiger partial charge on any atom is 0.177 e. The quantitative estimate of drug-likeness (QED) is 0.315. The number of hydrogen-bond acceptors (Lipinski definition) is 4. The van der Waals surface area contributed by atoms with E-state index in [0.717, 1.165) is 17.5 Å². The van der Waals surface area contributed by atoms with Crippen molar-refractivity contribution in [3.63, 3.8) is 0 Å². The summed E-state index contributed by atoms with van der Waals surface area (Å²) in [5, 5.41) is 0. The van der Waals surface area contributed by atoms with Crippen LogP contribution in [0.4, 0.5) is 0 Å². The number of hydrogen-bond donors (Lipinski definition) is 0. The predicted molar refractivity (Wildman–Crippen MR) is 119 cm³/mol. The Kier molecular flexibility index (Phi) is 10.1. The van der Waals surface area contributed by atoms with Crippen molar-refractivity contribution in [3.05, 3.63) is 83.9 Å². The zero-order valence-electron chi connectivity index (χ0n) is 18.0. The van der Waals surface area contributed by atoms with Crippen LogP contribution in [-0.4, -0.2) is 31.7 Å². The van der Waals surface area contributed by atoms with Gasteiger partial charge in [0.15, 0.2) is 6.29 Å². The standard InChI is InChI=1S/C26H34O4/c1-2-3-4-11-18-28-26-17-16-24(29-20-23-14-9-6-10-15-23)25(30-26)21-27-19-22-12-7-5-8-13-22/h5-10,12-17,24-26H,2-4,11,18-21H2,1H3/t24-,25-,26+/m1/s1. The van der Waals surface area contributed by atoms with Crippen LogP contribution in [0.2, 0.25) is 0 Å². The molecule has 2 aromatic rings. The minimum atomic E-state index is -0.339. The summed E-state index contributed by atoms with van der Waals surface area (Å²) in [4.78, 5) is 0. The van der Waals surface area contributed by atoms with Gasteiger partial charge in [-0.05, 0) is 23.6 Å². The van der Waals surface area contributed by atoms with E-state index in [9.17, 15) is 0 Å². The van der Waals surface area contributed by atoms with E-state index in [1.807, 2.05) is 42.5 Å². The zero-order chi connectivity index (χ0) is 20.9. The van der Waals surface area contributed by atoms with Crippen molar-refractivity contribution >= 4 is 0 Å². The molecule has 0 unspecified atom stereocenters. The Morgan fingerprint density at radius 3 is 2.17 bits per heavy atom. The summed E-state index contributed by atoms with van der Waals surface area (Å²) < 4.78 is 24.2. The van der Waals surface area contributed by atoms with Gasteiger partial charge in [-0.3, -0.25) is 0 Å². The molecule has 3 atom stereocenters. The molecule has 1 heterocycles. The van der Waals surface area contributed by atoms with Crippen molar-refractivity contribution < 1.29 is 18.9 Å². The second-order valence-electron chi connectivity index (χ2n) is 7.62. The van der Waals surface area contributed by atoms with Crippen molar-refractivity contribution in [1.82, 2.24) is 0 Å². The minimum absolute atomic E-state index is 0.166. The molecule has 0 aromatic heterocycles. The smallest absolute Gasteiger partial charge is 0.177 e. The molecule has 1 aliphatic heterocycles. The van der Waals surface area contributed by atoms with Crippen LogP contribution in [0.25, 0.3) is 0 Å². The van der Waals surface area contributed by atoms with E-state index in [-0.39, 0.29) is 18.5 Å². The normalized spacial score (nSPS) is 21.0. The molecule has 0 radical (unpaired) electrons. The van der Waals surface area contributed by atoms with Crippen LogP contribution in [0.15, 0.2) is 72.8 Å². The van der Waals surface area contributed by atoms with E-state index in [2.05, 4.69) is 37.3 Å². The number of rotatable bonds is 13. The van der Waals surface area contributed by atoms with Gasteiger partial charge >= 0.3 is 0 Å². The minimum Gasteiger partial charge on any atom is -0.374 e. The maximum absolute atomic E-state index is 6.17. The molecule has 0 fully saturated rings. The molecule has 0 aliphatic carbocycles. The average Bonchev–Trinajstić information content (AvgIpc) is 2.80. The number of unbranched alkanes of at least 4 members (excludes halogenated alkanes) is 3. The molecule has 0 bridgehead atoms. The Morgan fingerprint density at radius 2 is 1.47 bits per heavy atom. The fraction of sp³-hybridized carbons (Fsp3) is 0.462. The molecular weight excluding hydrogens is 376 g/mol. The summed E-state index contributed by atoms with van der Waals surface area (Å²) in [5.41, 5.74) is 2.29. The van der Waals surface area contributed by atoms with Crippen LogP contribution in [-0.2, 0) is 32.2 Å². The van der Waals surface area contributed by atoms with Gasteiger partial charge in [-0.2, -0.15) is 0 Å². The first kappa shape index (κ1) is 22.7. The molecule has 2 aromatic carbocycles. The van der Waals surface area contributed by atoms with Crippen LogP contribution < -0.4 is 0 Å². The Bertz CT molecular complexity index is 716. The first-order chi connectivity index (χ1) is 14.8. The fourth-order valence-corrected chi connectivity index (χ4v) is 3.37. The van der Waals surface area contributed by atoms with E-state index in [4.69, 9.17) is 18.9 Å². The molecule has 4 heteroatoms. The van der Waals surface area contributed by atoms with Gasteiger partial charge < -0.3 is 18.9 Å². The highest BCUT2D eigenvalue weighted by molar-refractivity contribution is 5.14. The Labute approximate surface area is 180 Å². The SMILES string of the molecule is CCCCCCO[C@@H]1C=C[C@@H](OCc2ccccc2)[C@@H](COCc2ccccc2)O1. The highest BCUT2D eigenvalue weighted by Crippen LogP contribution is 2.20. The van der Waals surface area contributed by atoms with Crippen LogP contribution >= 0.6 is 0 Å². The van der Waals surface area contributed by atoms with Crippen LogP contribution in [0.1, 0.15) is 43.7 Å². The molecule has 162 valence electrons. The molecule has 0 saturated carbocycles. The number of ether oxygens (including phenoxy) is 4. The zero-order valence-corrected chi connectivity index (χ0v) is 18.0. The summed E-state index contributed by atoms with van der Waals surface area (Å²) in [6, 6.07) is 20.4. The van der Waals surface area contributed by atoms with Crippen molar-refractivity contribution in [2.75, 3.05) is 13.2 Å². The molecule has 3 rings (SSSR count). The molecule has 4 nitrogen and oxygen atoms in total. The first-order valence-corrected chi connectivity index (χ1v) is 11.1. The Balaban J connectivity index is 1.51. The fourth-order valence-electron chi connectivity index (χ4n) is 3.37. The van der Waals surface area contributed by atoms with Gasteiger partial charge in [0.25, 0.3) is 0 Å². The summed E-state index contributed by atoms with van der Waals surface area (Å²) >= 11 is 0. The van der Waals surface area contributed by atoms with E-state index >= 15 is 0 Å². The molecule has 0 spiro atoms. The monoisotopic (exact) mass is 410 g/mol. The molecular formula is C26H34O4. The van der Waals surface area contributed by atoms with E-state index in [1.165, 1.54) is 19.3 Å². The molecule has 0 N–H and O–H groups in total. The maximum atomic E-state index is 6.17. The van der Waals surface area contributed by atoms with Gasteiger partial charge in [0.05, 0.1) is 26.4 Å². The van der Waals surface area contributed by atoms with Crippen molar-refractivity contribution in [2.45, 2.75) is 64.3 Å². The number of benzene rings is 2. The van der Waals surface area contributed by atoms with Crippen molar-refractivity contribution in [1.29, 1.82) is 0 Å². The van der Waals surface area contributed by atoms with Crippen LogP contribution in [0.5, 0.6) is 0 Å². The highest BCUT2D eigenvalue weighted by atomic mass is 16.7. The lowest BCUT2D eigenvalue weighted by Gasteiger charge is -2.32. The summed E-state index contributed by atoms with van der Waals surface area (Å²) in [5.74, 6) is 0. The molecule has 0 saturated heterocycles. The lowest BCUT2D eigenvalue weighted by molar-refractivity contribution is -0.195. The lowest BCUT2D eigenvalue weighted by atomic mass is 10.1. The second-order valence-corrected chi connectivity index (χ2v) is 7.62. The van der Waals surface area contributed by atoms with Gasteiger partial charge in [0.1, 0.15) is 12.2 Å². The van der Waals surface area contributed by atoms with E-state index in [0.29, 0.717) is 26.4 Å². The topological polar surface area (TPSA) is 36.9 Å².